The zero-order chi connectivity index (χ0) is 16.5. The summed E-state index contributed by atoms with van der Waals surface area (Å²) in [6.07, 6.45) is 1.68. The van der Waals surface area contributed by atoms with Crippen LogP contribution in [0.3, 0.4) is 0 Å². The number of urea groups is 1. The average molecular weight is 334 g/mol. The van der Waals surface area contributed by atoms with Crippen LogP contribution < -0.4 is 14.8 Å². The number of rotatable bonds is 4. The third-order valence-corrected chi connectivity index (χ3v) is 4.81. The highest BCUT2D eigenvalue weighted by Gasteiger charge is 2.37. The van der Waals surface area contributed by atoms with E-state index in [0.717, 1.165) is 4.31 Å². The second-order valence-corrected chi connectivity index (χ2v) is 6.90. The molecule has 0 radical (unpaired) electrons. The van der Waals surface area contributed by atoms with Crippen LogP contribution in [0.15, 0.2) is 12.4 Å². The van der Waals surface area contributed by atoms with E-state index in [2.05, 4.69) is 5.10 Å². The van der Waals surface area contributed by atoms with E-state index in [1.807, 2.05) is 0 Å². The highest BCUT2D eigenvalue weighted by atomic mass is 32.2. The molecule has 22 heavy (non-hydrogen) atoms. The molecule has 0 unspecified atom stereocenters. The quantitative estimate of drug-likeness (QED) is 0.747. The topological polar surface area (TPSA) is 114 Å². The third kappa shape index (κ3) is 3.65. The summed E-state index contributed by atoms with van der Waals surface area (Å²) >= 11 is 0. The summed E-state index contributed by atoms with van der Waals surface area (Å²) in [6.45, 7) is 0.565. The number of carbonyl (C=O) groups excluding carboxylic acids is 1. The maximum absolute atomic E-state index is 13.8. The molecule has 1 aliphatic rings. The normalized spacial score (nSPS) is 23.2. The summed E-state index contributed by atoms with van der Waals surface area (Å²) in [5.41, 5.74) is 5.16. The molecule has 11 heteroatoms. The van der Waals surface area contributed by atoms with E-state index in [-0.39, 0.29) is 18.7 Å². The fraction of sp³-hybridized carbons (Fsp3) is 0.636. The lowest BCUT2D eigenvalue weighted by Gasteiger charge is -2.38. The maximum Gasteiger partial charge on any atom is 0.327 e. The van der Waals surface area contributed by atoms with Gasteiger partial charge in [-0.15, -0.1) is 0 Å². The number of primary amides is 1. The molecule has 0 aliphatic carbocycles. The summed E-state index contributed by atoms with van der Waals surface area (Å²) in [7, 11) is -0.917. The van der Waals surface area contributed by atoms with Gasteiger partial charge in [0.05, 0.1) is 17.9 Å². The first kappa shape index (κ1) is 16.5. The number of hydrogen-bond donors (Lipinski definition) is 2. The number of piperidine rings is 1. The number of hydrogen-bond acceptors (Lipinski definition) is 5. The molecule has 1 saturated heterocycles. The van der Waals surface area contributed by atoms with E-state index in [9.17, 15) is 17.6 Å². The standard InChI is InChI=1S/C11H19FN6O3S/c1-16-5-8(12)3-9(6-16)18(10-4-14-17(2)7-10)22(20,21)15-11(13)19/h4,7-9H,3,5-6H2,1-2H3,(H3,13,15,19)/t8-,9+/m1/s1. The lowest BCUT2D eigenvalue weighted by atomic mass is 10.0. The van der Waals surface area contributed by atoms with Gasteiger partial charge in [0.1, 0.15) is 6.17 Å². The van der Waals surface area contributed by atoms with Crippen LogP contribution in [0.5, 0.6) is 0 Å². The molecule has 9 nitrogen and oxygen atoms in total. The van der Waals surface area contributed by atoms with Crippen molar-refractivity contribution in [3.05, 3.63) is 12.4 Å². The number of anilines is 1. The number of likely N-dealkylation sites (tertiary alicyclic amines) is 1. The molecule has 2 amide bonds. The molecule has 0 aromatic carbocycles. The largest absolute Gasteiger partial charge is 0.351 e. The van der Waals surface area contributed by atoms with Gasteiger partial charge in [-0.25, -0.2) is 18.2 Å². The van der Waals surface area contributed by atoms with Gasteiger partial charge < -0.3 is 10.6 Å². The highest BCUT2D eigenvalue weighted by molar-refractivity contribution is 7.91. The SMILES string of the molecule is CN1C[C@H](F)C[C@H](N(c2cnn(C)c2)S(=O)(=O)NC(N)=O)C1. The molecule has 2 rings (SSSR count). The van der Waals surface area contributed by atoms with E-state index < -0.39 is 28.5 Å². The fourth-order valence-corrected chi connectivity index (χ4v) is 3.90. The summed E-state index contributed by atoms with van der Waals surface area (Å²) in [4.78, 5) is 12.7. The maximum atomic E-state index is 13.8. The molecular formula is C11H19FN6O3S. The first-order valence-electron chi connectivity index (χ1n) is 6.62. The lowest BCUT2D eigenvalue weighted by Crippen LogP contribution is -2.56. The lowest BCUT2D eigenvalue weighted by molar-refractivity contribution is 0.148. The summed E-state index contributed by atoms with van der Waals surface area (Å²) in [5.74, 6) is 0. The molecule has 1 aromatic rings. The van der Waals surface area contributed by atoms with E-state index in [0.29, 0.717) is 6.54 Å². The van der Waals surface area contributed by atoms with Crippen LogP contribution in [0.2, 0.25) is 0 Å². The molecule has 2 atom stereocenters. The third-order valence-electron chi connectivity index (χ3n) is 3.33. The Balaban J connectivity index is 2.39. The minimum atomic E-state index is -4.25. The van der Waals surface area contributed by atoms with Crippen molar-refractivity contribution in [3.8, 4) is 0 Å². The summed E-state index contributed by atoms with van der Waals surface area (Å²) in [5, 5.41) is 3.92. The van der Waals surface area contributed by atoms with Crippen molar-refractivity contribution in [3.63, 3.8) is 0 Å². The Kier molecular flexibility index (Phi) is 4.56. The van der Waals surface area contributed by atoms with Crippen LogP contribution >= 0.6 is 0 Å². The number of alkyl halides is 1. The predicted octanol–water partition coefficient (Wildman–Crippen LogP) is -0.818. The zero-order valence-corrected chi connectivity index (χ0v) is 13.1. The van der Waals surface area contributed by atoms with E-state index in [4.69, 9.17) is 5.73 Å². The van der Waals surface area contributed by atoms with Crippen molar-refractivity contribution in [2.45, 2.75) is 18.6 Å². The van der Waals surface area contributed by atoms with Crippen LogP contribution in [0.1, 0.15) is 6.42 Å². The Morgan fingerprint density at radius 1 is 1.50 bits per heavy atom. The second kappa shape index (κ2) is 6.08. The van der Waals surface area contributed by atoms with E-state index in [1.54, 1.807) is 23.7 Å². The van der Waals surface area contributed by atoms with Crippen LogP contribution in [-0.2, 0) is 17.3 Å². The minimum absolute atomic E-state index is 0.0267. The van der Waals surface area contributed by atoms with Gasteiger partial charge in [-0.3, -0.25) is 4.68 Å². The van der Waals surface area contributed by atoms with Gasteiger partial charge in [-0.2, -0.15) is 13.5 Å². The number of carbonyl (C=O) groups is 1. The van der Waals surface area contributed by atoms with Gasteiger partial charge in [0, 0.05) is 32.8 Å². The van der Waals surface area contributed by atoms with Crippen LogP contribution in [0.25, 0.3) is 0 Å². The smallest absolute Gasteiger partial charge is 0.327 e. The number of likely N-dealkylation sites (N-methyl/N-ethyl adjacent to an activating group) is 1. The highest BCUT2D eigenvalue weighted by Crippen LogP contribution is 2.26. The number of nitrogens with two attached hydrogens (primary N) is 1. The van der Waals surface area contributed by atoms with Gasteiger partial charge in [0.2, 0.25) is 0 Å². The molecule has 0 bridgehead atoms. The van der Waals surface area contributed by atoms with Gasteiger partial charge >= 0.3 is 16.2 Å². The number of aromatic nitrogens is 2. The molecule has 2 heterocycles. The minimum Gasteiger partial charge on any atom is -0.351 e. The van der Waals surface area contributed by atoms with Crippen molar-refractivity contribution in [2.75, 3.05) is 24.4 Å². The van der Waals surface area contributed by atoms with Gasteiger partial charge in [-0.05, 0) is 7.05 Å². The predicted molar refractivity (Wildman–Crippen MR) is 78.1 cm³/mol. The molecule has 1 fully saturated rings. The molecule has 3 N–H and O–H groups in total. The van der Waals surface area contributed by atoms with Crippen LogP contribution in [0.4, 0.5) is 14.9 Å². The number of aryl methyl sites for hydroxylation is 1. The average Bonchev–Trinajstić information content (AvgIpc) is 2.71. The molecule has 1 aromatic heterocycles. The Morgan fingerprint density at radius 2 is 2.18 bits per heavy atom. The molecule has 1 aliphatic heterocycles. The molecular weight excluding hydrogens is 315 g/mol. The monoisotopic (exact) mass is 334 g/mol. The van der Waals surface area contributed by atoms with Crippen molar-refractivity contribution < 1.29 is 17.6 Å². The Bertz CT molecular complexity index is 638. The number of amides is 2. The molecule has 124 valence electrons. The number of nitrogens with one attached hydrogen (secondary N) is 1. The Morgan fingerprint density at radius 3 is 2.68 bits per heavy atom. The van der Waals surface area contributed by atoms with Crippen molar-refractivity contribution in [1.82, 2.24) is 19.4 Å². The van der Waals surface area contributed by atoms with Gasteiger partial charge in [0.15, 0.2) is 0 Å². The van der Waals surface area contributed by atoms with E-state index >= 15 is 0 Å². The van der Waals surface area contributed by atoms with Crippen molar-refractivity contribution in [2.24, 2.45) is 12.8 Å². The fourth-order valence-electron chi connectivity index (χ4n) is 2.63. The molecule has 0 spiro atoms. The van der Waals surface area contributed by atoms with Crippen LogP contribution in [0, 0.1) is 0 Å². The Hall–Kier alpha value is -1.88. The first-order valence-corrected chi connectivity index (χ1v) is 8.06. The van der Waals surface area contributed by atoms with E-state index in [1.165, 1.54) is 17.1 Å². The van der Waals surface area contributed by atoms with Crippen LogP contribution in [-0.4, -0.2) is 61.5 Å². The van der Waals surface area contributed by atoms with Gasteiger partial charge in [0.25, 0.3) is 0 Å². The Labute approximate surface area is 128 Å². The summed E-state index contributed by atoms with van der Waals surface area (Å²) in [6, 6.07) is -1.87. The van der Waals surface area contributed by atoms with Gasteiger partial charge in [-0.1, -0.05) is 0 Å². The van der Waals surface area contributed by atoms with Crippen molar-refractivity contribution >= 4 is 21.9 Å². The molecule has 0 saturated carbocycles. The second-order valence-electron chi connectivity index (χ2n) is 5.35. The number of nitrogens with zero attached hydrogens (tertiary/aromatic N) is 4. The zero-order valence-electron chi connectivity index (χ0n) is 12.3. The summed E-state index contributed by atoms with van der Waals surface area (Å²) < 4.78 is 42.7. The van der Waals surface area contributed by atoms with Crippen molar-refractivity contribution in [1.29, 1.82) is 0 Å². The number of halogens is 1. The first-order chi connectivity index (χ1) is 10.2.